The minimum Gasteiger partial charge on any atom is -0.445 e. The van der Waals surface area contributed by atoms with Crippen molar-refractivity contribution in [1.29, 1.82) is 0 Å². The average molecular weight is 622 g/mol. The molecule has 1 heterocycles. The van der Waals surface area contributed by atoms with Crippen molar-refractivity contribution in [2.24, 2.45) is 32.9 Å². The first-order valence-corrected chi connectivity index (χ1v) is 14.2. The second-order valence-corrected chi connectivity index (χ2v) is 10.2. The molecule has 1 aromatic heterocycles. The second kappa shape index (κ2) is 16.3. The van der Waals surface area contributed by atoms with Gasteiger partial charge in [0.25, 0.3) is 0 Å². The highest BCUT2D eigenvalue weighted by Gasteiger charge is 2.30. The Balaban J connectivity index is 1.86. The molecule has 0 aliphatic heterocycles. The Hall–Kier alpha value is -5.60. The van der Waals surface area contributed by atoms with Crippen LogP contribution in [0.1, 0.15) is 47.2 Å². The quantitative estimate of drug-likeness (QED) is 0.0311. The number of guanidine groups is 2. The third-order valence-electron chi connectivity index (χ3n) is 6.78. The number of nitrogens with two attached hydrogens (primary N) is 5. The zero-order valence-electron chi connectivity index (χ0n) is 25.0. The molecule has 2 amide bonds. The third-order valence-corrected chi connectivity index (χ3v) is 6.78. The number of nitrogens with one attached hydrogen (secondary N) is 2. The first-order chi connectivity index (χ1) is 21.5. The summed E-state index contributed by atoms with van der Waals surface area (Å²) in [6, 6.07) is 11.4. The summed E-state index contributed by atoms with van der Waals surface area (Å²) in [6.45, 7) is 1.94. The van der Waals surface area contributed by atoms with Crippen LogP contribution in [0.25, 0.3) is 11.0 Å². The Morgan fingerprint density at radius 3 is 2.13 bits per heavy atom. The summed E-state index contributed by atoms with van der Waals surface area (Å²) in [5, 5.41) is 5.75. The van der Waals surface area contributed by atoms with E-state index >= 15 is 0 Å². The Labute approximate surface area is 259 Å². The molecule has 0 aliphatic rings. The van der Waals surface area contributed by atoms with Gasteiger partial charge in [-0.3, -0.25) is 19.6 Å². The van der Waals surface area contributed by atoms with Crippen molar-refractivity contribution in [3.8, 4) is 0 Å². The number of nitrogens with zero attached hydrogens (tertiary/aromatic N) is 2. The topological polar surface area (TPSA) is 270 Å². The number of alkyl carbamates (subject to hydrolysis) is 1. The zero-order valence-corrected chi connectivity index (χ0v) is 25.0. The zero-order chi connectivity index (χ0) is 32.9. The van der Waals surface area contributed by atoms with Crippen molar-refractivity contribution in [3.05, 3.63) is 75.6 Å². The van der Waals surface area contributed by atoms with Gasteiger partial charge in [-0.2, -0.15) is 0 Å². The van der Waals surface area contributed by atoms with Crippen molar-refractivity contribution >= 4 is 46.4 Å². The van der Waals surface area contributed by atoms with Crippen LogP contribution < -0.4 is 44.9 Å². The van der Waals surface area contributed by atoms with E-state index in [2.05, 4.69) is 20.6 Å². The number of benzene rings is 2. The van der Waals surface area contributed by atoms with Crippen molar-refractivity contribution in [2.45, 2.75) is 51.3 Å². The number of aliphatic imine (C=N–C) groups is 2. The summed E-state index contributed by atoms with van der Waals surface area (Å²) >= 11 is 0. The molecule has 15 heteroatoms. The van der Waals surface area contributed by atoms with Crippen LogP contribution >= 0.6 is 0 Å². The van der Waals surface area contributed by atoms with Crippen LogP contribution in [-0.4, -0.2) is 54.9 Å². The van der Waals surface area contributed by atoms with E-state index in [4.69, 9.17) is 37.8 Å². The lowest BCUT2D eigenvalue weighted by Gasteiger charge is -2.23. The molecule has 3 rings (SSSR count). The molecule has 15 nitrogen and oxygen atoms in total. The molecule has 12 N–H and O–H groups in total. The Bertz CT molecular complexity index is 1610. The molecule has 2 aromatic carbocycles. The van der Waals surface area contributed by atoms with E-state index in [-0.39, 0.29) is 62.0 Å². The summed E-state index contributed by atoms with van der Waals surface area (Å²) in [5.74, 6) is -1.62. The van der Waals surface area contributed by atoms with Gasteiger partial charge in [0.1, 0.15) is 23.8 Å². The van der Waals surface area contributed by atoms with Gasteiger partial charge in [-0.25, -0.2) is 9.59 Å². The maximum absolute atomic E-state index is 13.9. The number of ether oxygens (including phenoxy) is 1. The number of Topliss-reactive ketones (excluding diaryl/α,β-unsaturated/α-hetero) is 1. The van der Waals surface area contributed by atoms with Gasteiger partial charge >= 0.3 is 11.7 Å². The van der Waals surface area contributed by atoms with Gasteiger partial charge in [0.2, 0.25) is 5.91 Å². The predicted molar refractivity (Wildman–Crippen MR) is 171 cm³/mol. The van der Waals surface area contributed by atoms with Crippen LogP contribution in [0, 0.1) is 6.92 Å². The highest BCUT2D eigenvalue weighted by Crippen LogP contribution is 2.23. The van der Waals surface area contributed by atoms with Crippen LogP contribution in [0.15, 0.2) is 67.7 Å². The minimum atomic E-state index is -1.19. The fraction of sp³-hybridized carbons (Fsp3) is 0.333. The minimum absolute atomic E-state index is 0.0242. The van der Waals surface area contributed by atoms with E-state index in [1.165, 1.54) is 6.07 Å². The SMILES string of the molecule is Cc1c(C(=O)[C@H](CCCN=C(N)N)NC(=O)[C@H](CCCN=C(N)N)NC(=O)OCc2ccccc2)c(=O)oc2cc(N)ccc12. The molecule has 2 atom stereocenters. The molecule has 0 spiro atoms. The third kappa shape index (κ3) is 10.3. The predicted octanol–water partition coefficient (Wildman–Crippen LogP) is 0.753. The number of amides is 2. The van der Waals surface area contributed by atoms with Gasteiger partial charge in [-0.05, 0) is 55.9 Å². The number of hydrogen-bond acceptors (Lipinski definition) is 9. The van der Waals surface area contributed by atoms with Gasteiger partial charge in [0.05, 0.1) is 6.04 Å². The number of hydrogen-bond donors (Lipinski definition) is 7. The summed E-state index contributed by atoms with van der Waals surface area (Å²) < 4.78 is 10.7. The number of nitrogen functional groups attached to an aromatic ring is 1. The average Bonchev–Trinajstić information content (AvgIpc) is 2.99. The summed E-state index contributed by atoms with van der Waals surface area (Å²) in [4.78, 5) is 61.0. The van der Waals surface area contributed by atoms with E-state index in [0.717, 1.165) is 5.56 Å². The molecule has 45 heavy (non-hydrogen) atoms. The molecular weight excluding hydrogens is 582 g/mol. The Kier molecular flexibility index (Phi) is 12.3. The molecular formula is C30H39N9O6. The van der Waals surface area contributed by atoms with Gasteiger partial charge in [-0.1, -0.05) is 30.3 Å². The number of fused-ring (bicyclic) bond motifs is 1. The number of carbonyl (C=O) groups excluding carboxylic acids is 3. The van der Waals surface area contributed by atoms with Crippen molar-refractivity contribution in [1.82, 2.24) is 10.6 Å². The molecule has 240 valence electrons. The summed E-state index contributed by atoms with van der Waals surface area (Å²) in [6.07, 6.45) is -0.0727. The number of carbonyl (C=O) groups is 3. The monoisotopic (exact) mass is 621 g/mol. The first-order valence-electron chi connectivity index (χ1n) is 14.2. The van der Waals surface area contributed by atoms with E-state index in [0.29, 0.717) is 23.1 Å². The van der Waals surface area contributed by atoms with Crippen molar-refractivity contribution in [3.63, 3.8) is 0 Å². The van der Waals surface area contributed by atoms with E-state index < -0.39 is 35.5 Å². The van der Waals surface area contributed by atoms with Crippen LogP contribution in [0.3, 0.4) is 0 Å². The van der Waals surface area contributed by atoms with Gasteiger partial charge in [0, 0.05) is 30.2 Å². The summed E-state index contributed by atoms with van der Waals surface area (Å²) in [5.41, 5.74) is 28.1. The van der Waals surface area contributed by atoms with E-state index in [1.807, 2.05) is 6.07 Å². The molecule has 0 aliphatic carbocycles. The molecule has 0 unspecified atom stereocenters. The first kappa shape index (κ1) is 33.9. The molecule has 3 aromatic rings. The van der Waals surface area contributed by atoms with Crippen LogP contribution in [0.5, 0.6) is 0 Å². The largest absolute Gasteiger partial charge is 0.445 e. The lowest BCUT2D eigenvalue weighted by atomic mass is 9.95. The Morgan fingerprint density at radius 1 is 0.889 bits per heavy atom. The van der Waals surface area contributed by atoms with E-state index in [1.54, 1.807) is 43.3 Å². The van der Waals surface area contributed by atoms with Gasteiger partial charge < -0.3 is 48.5 Å². The van der Waals surface area contributed by atoms with Crippen LogP contribution in [0.2, 0.25) is 0 Å². The highest BCUT2D eigenvalue weighted by molar-refractivity contribution is 6.05. The number of rotatable bonds is 15. The molecule has 0 radical (unpaired) electrons. The van der Waals surface area contributed by atoms with Gasteiger partial charge in [-0.15, -0.1) is 0 Å². The lowest BCUT2D eigenvalue weighted by Crippen LogP contribution is -2.52. The maximum Gasteiger partial charge on any atom is 0.408 e. The normalized spacial score (nSPS) is 12.0. The van der Waals surface area contributed by atoms with Gasteiger partial charge in [0.15, 0.2) is 17.7 Å². The van der Waals surface area contributed by atoms with Crippen LogP contribution in [0.4, 0.5) is 10.5 Å². The molecule has 0 saturated carbocycles. The van der Waals surface area contributed by atoms with Crippen LogP contribution in [-0.2, 0) is 16.1 Å². The molecule has 0 fully saturated rings. The second-order valence-electron chi connectivity index (χ2n) is 10.2. The molecule has 0 saturated heterocycles. The standard InChI is InChI=1S/C30H39N9O6/c1-17-20-12-11-19(31)15-23(20)45-27(42)24(17)25(40)21(9-5-13-36-28(32)33)38-26(41)22(10-6-14-37-29(34)35)39-30(43)44-16-18-7-3-2-4-8-18/h2-4,7-8,11-12,15,21-22H,5-6,9-10,13-14,16,31H2,1H3,(H,38,41)(H,39,43)(H4,32,33,36)(H4,34,35,37)/t21-,22-/m0/s1. The Morgan fingerprint density at radius 2 is 1.51 bits per heavy atom. The maximum atomic E-state index is 13.9. The lowest BCUT2D eigenvalue weighted by molar-refractivity contribution is -0.123. The van der Waals surface area contributed by atoms with Crippen molar-refractivity contribution < 1.29 is 23.5 Å². The van der Waals surface area contributed by atoms with E-state index in [9.17, 15) is 19.2 Å². The van der Waals surface area contributed by atoms with Crippen molar-refractivity contribution in [2.75, 3.05) is 18.8 Å². The highest BCUT2D eigenvalue weighted by atomic mass is 16.5. The smallest absolute Gasteiger partial charge is 0.408 e. The fourth-order valence-electron chi connectivity index (χ4n) is 4.56. The number of anilines is 1. The number of aryl methyl sites for hydroxylation is 1. The number of ketones is 1. The summed E-state index contributed by atoms with van der Waals surface area (Å²) in [7, 11) is 0. The molecule has 0 bridgehead atoms. The fourth-order valence-corrected chi connectivity index (χ4v) is 4.56.